The smallest absolute Gasteiger partial charge is 0.227 e. The average molecular weight is 377 g/mol. The minimum absolute atomic E-state index is 0.0217. The molecule has 2 aromatic rings. The molecular formula is C24H28N2O2. The number of hydrogen-bond donors (Lipinski definition) is 1. The summed E-state index contributed by atoms with van der Waals surface area (Å²) in [4.78, 5) is 26.8. The molecule has 1 aliphatic rings. The Morgan fingerprint density at radius 2 is 1.75 bits per heavy atom. The van der Waals surface area contributed by atoms with Gasteiger partial charge in [-0.25, -0.2) is 0 Å². The van der Waals surface area contributed by atoms with Gasteiger partial charge in [0, 0.05) is 24.9 Å². The highest BCUT2D eigenvalue weighted by molar-refractivity contribution is 5.81. The summed E-state index contributed by atoms with van der Waals surface area (Å²) < 4.78 is 0. The highest BCUT2D eigenvalue weighted by atomic mass is 16.2. The van der Waals surface area contributed by atoms with Crippen molar-refractivity contribution in [3.63, 3.8) is 0 Å². The van der Waals surface area contributed by atoms with Crippen molar-refractivity contribution in [2.24, 2.45) is 11.8 Å². The number of amides is 2. The Balaban J connectivity index is 1.75. The van der Waals surface area contributed by atoms with Gasteiger partial charge in [0.05, 0.1) is 0 Å². The fourth-order valence-corrected chi connectivity index (χ4v) is 3.77. The molecule has 0 spiro atoms. The molecule has 0 saturated carbocycles. The third-order valence-electron chi connectivity index (χ3n) is 5.21. The predicted molar refractivity (Wildman–Crippen MR) is 111 cm³/mol. The standard InChI is InChI=1S/C24H28N2O2/c1-4-25-23(27)22-13-20-11-10-19(12-21(20)14-22)16-26(24(28)17(2)3)15-18-8-6-5-7-9-18/h4-12,17,22H,1,13-16H2,2-3H3,(H,25,27). The lowest BCUT2D eigenvalue weighted by Gasteiger charge is -2.25. The van der Waals surface area contributed by atoms with Gasteiger partial charge in [0.1, 0.15) is 0 Å². The summed E-state index contributed by atoms with van der Waals surface area (Å²) >= 11 is 0. The van der Waals surface area contributed by atoms with Crippen molar-refractivity contribution in [2.75, 3.05) is 0 Å². The topological polar surface area (TPSA) is 49.4 Å². The van der Waals surface area contributed by atoms with Crippen LogP contribution in [0.3, 0.4) is 0 Å². The van der Waals surface area contributed by atoms with Crippen LogP contribution in [0.4, 0.5) is 0 Å². The first-order valence-corrected chi connectivity index (χ1v) is 9.82. The Bertz CT molecular complexity index is 858. The van der Waals surface area contributed by atoms with E-state index >= 15 is 0 Å². The second kappa shape index (κ2) is 8.87. The SMILES string of the molecule is C=CNC(=O)C1Cc2ccc(CN(Cc3ccccc3)C(=O)C(C)C)cc2C1. The molecule has 3 rings (SSSR count). The van der Waals surface area contributed by atoms with E-state index in [1.807, 2.05) is 49.1 Å². The fourth-order valence-electron chi connectivity index (χ4n) is 3.77. The number of carbonyl (C=O) groups is 2. The van der Waals surface area contributed by atoms with Crippen molar-refractivity contribution in [3.8, 4) is 0 Å². The van der Waals surface area contributed by atoms with Crippen LogP contribution in [-0.2, 0) is 35.5 Å². The fraction of sp³-hybridized carbons (Fsp3) is 0.333. The van der Waals surface area contributed by atoms with Gasteiger partial charge in [-0.15, -0.1) is 0 Å². The quantitative estimate of drug-likeness (QED) is 0.798. The van der Waals surface area contributed by atoms with Gasteiger partial charge in [0.25, 0.3) is 0 Å². The van der Waals surface area contributed by atoms with Gasteiger partial charge < -0.3 is 10.2 Å². The van der Waals surface area contributed by atoms with Crippen LogP contribution in [0, 0.1) is 11.8 Å². The first-order valence-electron chi connectivity index (χ1n) is 9.82. The first-order chi connectivity index (χ1) is 13.5. The van der Waals surface area contributed by atoms with E-state index in [1.165, 1.54) is 17.3 Å². The van der Waals surface area contributed by atoms with Crippen LogP contribution in [0.5, 0.6) is 0 Å². The van der Waals surface area contributed by atoms with Gasteiger partial charge in [0.15, 0.2) is 0 Å². The van der Waals surface area contributed by atoms with E-state index in [0.29, 0.717) is 13.1 Å². The van der Waals surface area contributed by atoms with Gasteiger partial charge >= 0.3 is 0 Å². The van der Waals surface area contributed by atoms with E-state index in [0.717, 1.165) is 24.0 Å². The van der Waals surface area contributed by atoms with Crippen LogP contribution in [-0.4, -0.2) is 16.7 Å². The molecule has 1 N–H and O–H groups in total. The Labute approximate surface area is 167 Å². The van der Waals surface area contributed by atoms with E-state index in [9.17, 15) is 9.59 Å². The maximum Gasteiger partial charge on any atom is 0.227 e. The van der Waals surface area contributed by atoms with Gasteiger partial charge in [0.2, 0.25) is 11.8 Å². The largest absolute Gasteiger partial charge is 0.334 e. The van der Waals surface area contributed by atoms with Crippen molar-refractivity contribution < 1.29 is 9.59 Å². The van der Waals surface area contributed by atoms with Crippen LogP contribution in [0.2, 0.25) is 0 Å². The van der Waals surface area contributed by atoms with E-state index in [4.69, 9.17) is 0 Å². The Hall–Kier alpha value is -2.88. The number of nitrogens with one attached hydrogen (secondary N) is 1. The monoisotopic (exact) mass is 376 g/mol. The van der Waals surface area contributed by atoms with Crippen molar-refractivity contribution >= 4 is 11.8 Å². The predicted octanol–water partition coefficient (Wildman–Crippen LogP) is 3.85. The van der Waals surface area contributed by atoms with E-state index in [2.05, 4.69) is 30.1 Å². The van der Waals surface area contributed by atoms with Crippen molar-refractivity contribution in [1.82, 2.24) is 10.2 Å². The van der Waals surface area contributed by atoms with Gasteiger partial charge in [-0.1, -0.05) is 69.0 Å². The Kier molecular flexibility index (Phi) is 6.30. The highest BCUT2D eigenvalue weighted by Crippen LogP contribution is 2.28. The van der Waals surface area contributed by atoms with Crippen LogP contribution < -0.4 is 5.32 Å². The highest BCUT2D eigenvalue weighted by Gasteiger charge is 2.27. The molecule has 2 aromatic carbocycles. The first kappa shape index (κ1) is 19.9. The number of fused-ring (bicyclic) bond motifs is 1. The minimum Gasteiger partial charge on any atom is -0.334 e. The molecular weight excluding hydrogens is 348 g/mol. The molecule has 0 fully saturated rings. The van der Waals surface area contributed by atoms with E-state index in [1.54, 1.807) is 0 Å². The second-order valence-electron chi connectivity index (χ2n) is 7.76. The molecule has 0 aromatic heterocycles. The molecule has 4 nitrogen and oxygen atoms in total. The zero-order chi connectivity index (χ0) is 20.1. The third-order valence-corrected chi connectivity index (χ3v) is 5.21. The molecule has 2 amide bonds. The summed E-state index contributed by atoms with van der Waals surface area (Å²) in [6, 6.07) is 16.4. The van der Waals surface area contributed by atoms with Crippen molar-refractivity contribution in [1.29, 1.82) is 0 Å². The van der Waals surface area contributed by atoms with Crippen LogP contribution in [0.25, 0.3) is 0 Å². The maximum absolute atomic E-state index is 12.8. The van der Waals surface area contributed by atoms with E-state index in [-0.39, 0.29) is 23.7 Å². The number of benzene rings is 2. The Morgan fingerprint density at radius 3 is 2.43 bits per heavy atom. The molecule has 0 bridgehead atoms. The lowest BCUT2D eigenvalue weighted by molar-refractivity contribution is -0.135. The normalized spacial score (nSPS) is 15.2. The molecule has 1 unspecified atom stereocenters. The third kappa shape index (κ3) is 4.69. The lowest BCUT2D eigenvalue weighted by Crippen LogP contribution is -2.33. The minimum atomic E-state index is -0.0508. The van der Waals surface area contributed by atoms with Crippen LogP contribution in [0.15, 0.2) is 61.3 Å². The Morgan fingerprint density at radius 1 is 1.07 bits per heavy atom. The van der Waals surface area contributed by atoms with Crippen molar-refractivity contribution in [2.45, 2.75) is 39.8 Å². The zero-order valence-electron chi connectivity index (χ0n) is 16.7. The molecule has 1 aliphatic carbocycles. The molecule has 146 valence electrons. The van der Waals surface area contributed by atoms with Gasteiger partial charge in [-0.05, 0) is 41.3 Å². The number of nitrogens with zero attached hydrogens (tertiary/aromatic N) is 1. The summed E-state index contributed by atoms with van der Waals surface area (Å²) in [5.41, 5.74) is 4.66. The molecule has 1 atom stereocenters. The van der Waals surface area contributed by atoms with Crippen molar-refractivity contribution in [3.05, 3.63) is 83.6 Å². The van der Waals surface area contributed by atoms with Crippen LogP contribution >= 0.6 is 0 Å². The van der Waals surface area contributed by atoms with Gasteiger partial charge in [-0.2, -0.15) is 0 Å². The summed E-state index contributed by atoms with van der Waals surface area (Å²) in [6.07, 6.45) is 2.93. The molecule has 0 saturated heterocycles. The summed E-state index contributed by atoms with van der Waals surface area (Å²) in [5, 5.41) is 2.70. The number of carbonyl (C=O) groups excluding carboxylic acids is 2. The molecule has 0 heterocycles. The van der Waals surface area contributed by atoms with Crippen LogP contribution in [0.1, 0.15) is 36.1 Å². The second-order valence-corrected chi connectivity index (χ2v) is 7.76. The van der Waals surface area contributed by atoms with E-state index < -0.39 is 0 Å². The molecule has 0 aliphatic heterocycles. The summed E-state index contributed by atoms with van der Waals surface area (Å²) in [7, 11) is 0. The lowest BCUT2D eigenvalue weighted by atomic mass is 10.0. The maximum atomic E-state index is 12.8. The zero-order valence-corrected chi connectivity index (χ0v) is 16.7. The summed E-state index contributed by atoms with van der Waals surface area (Å²) in [5.74, 6) is 0.0760. The molecule has 28 heavy (non-hydrogen) atoms. The number of rotatable bonds is 7. The molecule has 4 heteroatoms. The summed E-state index contributed by atoms with van der Waals surface area (Å²) in [6.45, 7) is 8.60. The molecule has 0 radical (unpaired) electrons. The number of hydrogen-bond acceptors (Lipinski definition) is 2. The average Bonchev–Trinajstić information content (AvgIpc) is 3.11. The van der Waals surface area contributed by atoms with Gasteiger partial charge in [-0.3, -0.25) is 9.59 Å².